The van der Waals surface area contributed by atoms with Crippen molar-refractivity contribution < 1.29 is 4.79 Å². The predicted molar refractivity (Wildman–Crippen MR) is 74.8 cm³/mol. The molecule has 0 aromatic heterocycles. The highest BCUT2D eigenvalue weighted by Gasteiger charge is 2.47. The number of amides is 1. The van der Waals surface area contributed by atoms with E-state index in [1.807, 2.05) is 7.05 Å². The number of carbonyl (C=O) groups excluding carboxylic acids is 1. The monoisotopic (exact) mass is 272 g/mol. The lowest BCUT2D eigenvalue weighted by atomic mass is 9.94. The van der Waals surface area contributed by atoms with Gasteiger partial charge in [-0.3, -0.25) is 4.79 Å². The number of hydrogen-bond acceptors (Lipinski definition) is 2. The molecule has 0 aromatic rings. The largest absolute Gasteiger partial charge is 0.341 e. The highest BCUT2D eigenvalue weighted by atomic mass is 35.5. The van der Waals surface area contributed by atoms with Gasteiger partial charge in [-0.15, -0.1) is 12.4 Å². The highest BCUT2D eigenvalue weighted by molar-refractivity contribution is 5.85. The Bertz CT molecular complexity index is 290. The summed E-state index contributed by atoms with van der Waals surface area (Å²) in [6.45, 7) is 1.93. The second kappa shape index (κ2) is 5.79. The van der Waals surface area contributed by atoms with Crippen LogP contribution >= 0.6 is 12.4 Å². The first-order valence-corrected chi connectivity index (χ1v) is 7.25. The van der Waals surface area contributed by atoms with Crippen LogP contribution in [0.5, 0.6) is 0 Å². The summed E-state index contributed by atoms with van der Waals surface area (Å²) in [7, 11) is 2.01. The topological polar surface area (TPSA) is 32.3 Å². The van der Waals surface area contributed by atoms with E-state index in [4.69, 9.17) is 0 Å². The lowest BCUT2D eigenvalue weighted by Crippen LogP contribution is -2.49. The molecule has 1 amide bonds. The highest BCUT2D eigenvalue weighted by Crippen LogP contribution is 2.50. The van der Waals surface area contributed by atoms with Crippen LogP contribution in [0, 0.1) is 17.8 Å². The van der Waals surface area contributed by atoms with Gasteiger partial charge in [-0.05, 0) is 57.4 Å². The summed E-state index contributed by atoms with van der Waals surface area (Å²) in [5.41, 5.74) is 0. The minimum Gasteiger partial charge on any atom is -0.341 e. The average Bonchev–Trinajstić information content (AvgIpc) is 3.23. The fourth-order valence-electron chi connectivity index (χ4n) is 3.32. The lowest BCUT2D eigenvalue weighted by molar-refractivity contribution is -0.138. The van der Waals surface area contributed by atoms with Crippen LogP contribution in [0.3, 0.4) is 0 Å². The third-order valence-corrected chi connectivity index (χ3v) is 4.69. The molecule has 0 bridgehead atoms. The summed E-state index contributed by atoms with van der Waals surface area (Å²) < 4.78 is 0. The summed E-state index contributed by atoms with van der Waals surface area (Å²) >= 11 is 0. The van der Waals surface area contributed by atoms with Crippen molar-refractivity contribution in [1.29, 1.82) is 0 Å². The Morgan fingerprint density at radius 1 is 1.17 bits per heavy atom. The number of likely N-dealkylation sites (tertiary alicyclic amines) is 1. The molecule has 0 spiro atoms. The summed E-state index contributed by atoms with van der Waals surface area (Å²) in [4.78, 5) is 14.8. The van der Waals surface area contributed by atoms with Crippen LogP contribution in [-0.2, 0) is 4.79 Å². The van der Waals surface area contributed by atoms with Crippen LogP contribution in [0.4, 0.5) is 0 Å². The summed E-state index contributed by atoms with van der Waals surface area (Å²) in [5.74, 6) is 2.36. The Kier molecular flexibility index (Phi) is 4.54. The van der Waals surface area contributed by atoms with Crippen LogP contribution in [-0.4, -0.2) is 37.0 Å². The van der Waals surface area contributed by atoms with Crippen molar-refractivity contribution in [2.75, 3.05) is 20.1 Å². The van der Waals surface area contributed by atoms with Gasteiger partial charge in [-0.25, -0.2) is 0 Å². The van der Waals surface area contributed by atoms with Crippen molar-refractivity contribution in [3.05, 3.63) is 0 Å². The SMILES string of the molecule is CNC1CCCN(C(=O)C(C2CC2)C2CC2)C1.Cl. The van der Waals surface area contributed by atoms with E-state index in [9.17, 15) is 4.79 Å². The quantitative estimate of drug-likeness (QED) is 0.850. The molecule has 3 nitrogen and oxygen atoms in total. The van der Waals surface area contributed by atoms with Gasteiger partial charge in [0.2, 0.25) is 5.91 Å². The molecule has 1 saturated heterocycles. The van der Waals surface area contributed by atoms with Gasteiger partial charge < -0.3 is 10.2 Å². The number of nitrogens with zero attached hydrogens (tertiary/aromatic N) is 1. The van der Waals surface area contributed by atoms with E-state index in [1.165, 1.54) is 38.5 Å². The maximum atomic E-state index is 12.6. The van der Waals surface area contributed by atoms with Gasteiger partial charge >= 0.3 is 0 Å². The molecule has 1 aliphatic heterocycles. The van der Waals surface area contributed by atoms with Crippen molar-refractivity contribution in [2.24, 2.45) is 17.8 Å². The zero-order valence-electron chi connectivity index (χ0n) is 11.2. The molecule has 1 heterocycles. The van der Waals surface area contributed by atoms with E-state index in [0.29, 0.717) is 17.9 Å². The molecule has 1 atom stereocenters. The molecule has 3 aliphatic rings. The van der Waals surface area contributed by atoms with Crippen LogP contribution < -0.4 is 5.32 Å². The summed E-state index contributed by atoms with van der Waals surface area (Å²) in [5, 5.41) is 3.32. The molecule has 0 radical (unpaired) electrons. The molecular formula is C14H25ClN2O. The van der Waals surface area contributed by atoms with Crippen LogP contribution in [0.15, 0.2) is 0 Å². The Labute approximate surface area is 116 Å². The number of rotatable bonds is 4. The normalized spacial score (nSPS) is 28.1. The number of piperidine rings is 1. The van der Waals surface area contributed by atoms with Crippen LogP contribution in [0.25, 0.3) is 0 Å². The Morgan fingerprint density at radius 2 is 1.78 bits per heavy atom. The number of halogens is 1. The molecule has 4 heteroatoms. The molecular weight excluding hydrogens is 248 g/mol. The smallest absolute Gasteiger partial charge is 0.226 e. The molecule has 2 saturated carbocycles. The third-order valence-electron chi connectivity index (χ3n) is 4.69. The van der Waals surface area contributed by atoms with Gasteiger partial charge in [0.1, 0.15) is 0 Å². The van der Waals surface area contributed by atoms with Gasteiger partial charge in [-0.2, -0.15) is 0 Å². The first kappa shape index (κ1) is 14.1. The molecule has 104 valence electrons. The standard InChI is InChI=1S/C14H24N2O.ClH/c1-15-12-3-2-8-16(9-12)14(17)13(10-4-5-10)11-6-7-11;/h10-13,15H,2-9H2,1H3;1H. The fourth-order valence-corrected chi connectivity index (χ4v) is 3.32. The zero-order valence-corrected chi connectivity index (χ0v) is 12.0. The molecule has 0 aromatic carbocycles. The van der Waals surface area contributed by atoms with Crippen molar-refractivity contribution in [1.82, 2.24) is 10.2 Å². The molecule has 1 unspecified atom stereocenters. The van der Waals surface area contributed by atoms with Crippen molar-refractivity contribution >= 4 is 18.3 Å². The van der Waals surface area contributed by atoms with Crippen molar-refractivity contribution in [3.8, 4) is 0 Å². The first-order chi connectivity index (χ1) is 8.29. The van der Waals surface area contributed by atoms with Gasteiger partial charge in [-0.1, -0.05) is 0 Å². The van der Waals surface area contributed by atoms with Gasteiger partial charge in [0, 0.05) is 25.0 Å². The maximum absolute atomic E-state index is 12.6. The fraction of sp³-hybridized carbons (Fsp3) is 0.929. The predicted octanol–water partition coefficient (Wildman–Crippen LogP) is 2.05. The minimum atomic E-state index is 0. The van der Waals surface area contributed by atoms with E-state index < -0.39 is 0 Å². The first-order valence-electron chi connectivity index (χ1n) is 7.25. The maximum Gasteiger partial charge on any atom is 0.226 e. The van der Waals surface area contributed by atoms with E-state index in [1.54, 1.807) is 0 Å². The molecule has 18 heavy (non-hydrogen) atoms. The Hall–Kier alpha value is -0.280. The second-order valence-electron chi connectivity index (χ2n) is 6.11. The molecule has 3 rings (SSSR count). The van der Waals surface area contributed by atoms with Crippen molar-refractivity contribution in [3.63, 3.8) is 0 Å². The van der Waals surface area contributed by atoms with E-state index in [2.05, 4.69) is 10.2 Å². The van der Waals surface area contributed by atoms with E-state index >= 15 is 0 Å². The number of nitrogens with one attached hydrogen (secondary N) is 1. The number of likely N-dealkylation sites (N-methyl/N-ethyl adjacent to an activating group) is 1. The summed E-state index contributed by atoms with van der Waals surface area (Å²) in [6.07, 6.45) is 7.59. The van der Waals surface area contributed by atoms with Gasteiger partial charge in [0.05, 0.1) is 0 Å². The van der Waals surface area contributed by atoms with Crippen LogP contribution in [0.2, 0.25) is 0 Å². The Morgan fingerprint density at radius 3 is 2.28 bits per heavy atom. The molecule has 1 N–H and O–H groups in total. The van der Waals surface area contributed by atoms with Crippen LogP contribution in [0.1, 0.15) is 38.5 Å². The third kappa shape index (κ3) is 3.00. The lowest BCUT2D eigenvalue weighted by Gasteiger charge is -2.35. The Balaban J connectivity index is 0.00000120. The summed E-state index contributed by atoms with van der Waals surface area (Å²) in [6, 6.07) is 0.520. The zero-order chi connectivity index (χ0) is 11.8. The number of carbonyl (C=O) groups is 1. The van der Waals surface area contributed by atoms with Gasteiger partial charge in [0.25, 0.3) is 0 Å². The minimum absolute atomic E-state index is 0. The van der Waals surface area contributed by atoms with E-state index in [0.717, 1.165) is 24.9 Å². The average molecular weight is 273 g/mol. The van der Waals surface area contributed by atoms with E-state index in [-0.39, 0.29) is 12.4 Å². The second-order valence-corrected chi connectivity index (χ2v) is 6.11. The molecule has 2 aliphatic carbocycles. The number of hydrogen-bond donors (Lipinski definition) is 1. The van der Waals surface area contributed by atoms with Crippen molar-refractivity contribution in [2.45, 2.75) is 44.6 Å². The van der Waals surface area contributed by atoms with Gasteiger partial charge in [0.15, 0.2) is 0 Å². The molecule has 3 fully saturated rings.